The quantitative estimate of drug-likeness (QED) is 0.316. The Morgan fingerprint density at radius 2 is 1.63 bits per heavy atom. The van der Waals surface area contributed by atoms with E-state index in [2.05, 4.69) is 5.32 Å². The van der Waals surface area contributed by atoms with Crippen molar-refractivity contribution < 1.29 is 28.5 Å². The number of allylic oxidation sites excluding steroid dienone is 3. The summed E-state index contributed by atoms with van der Waals surface area (Å²) in [5, 5.41) is 3.41. The van der Waals surface area contributed by atoms with Crippen molar-refractivity contribution in [3.63, 3.8) is 0 Å². The Morgan fingerprint density at radius 1 is 0.902 bits per heavy atom. The number of ether oxygens (including phenoxy) is 4. The molecule has 0 amide bonds. The van der Waals surface area contributed by atoms with Crippen molar-refractivity contribution in [2.45, 2.75) is 45.1 Å². The number of hydrogen-bond donors (Lipinski definition) is 1. The molecule has 3 aromatic carbocycles. The maximum absolute atomic E-state index is 14.0. The van der Waals surface area contributed by atoms with Gasteiger partial charge in [-0.3, -0.25) is 4.79 Å². The molecule has 0 radical (unpaired) electrons. The Hall–Kier alpha value is -4.52. The average molecular weight is 554 g/mol. The van der Waals surface area contributed by atoms with E-state index in [-0.39, 0.29) is 18.3 Å². The van der Waals surface area contributed by atoms with Crippen molar-refractivity contribution in [2.24, 2.45) is 0 Å². The number of hydrogen-bond acceptors (Lipinski definition) is 7. The highest BCUT2D eigenvalue weighted by Crippen LogP contribution is 2.48. The van der Waals surface area contributed by atoms with E-state index in [4.69, 9.17) is 18.9 Å². The molecule has 41 heavy (non-hydrogen) atoms. The maximum Gasteiger partial charge on any atom is 0.336 e. The zero-order valence-electron chi connectivity index (χ0n) is 23.9. The summed E-state index contributed by atoms with van der Waals surface area (Å²) in [5.41, 5.74) is 5.28. The van der Waals surface area contributed by atoms with Gasteiger partial charge in [-0.05, 0) is 55.5 Å². The summed E-state index contributed by atoms with van der Waals surface area (Å²) in [6.45, 7) is 4.23. The van der Waals surface area contributed by atoms with Crippen LogP contribution in [0, 0.1) is 0 Å². The first kappa shape index (κ1) is 28.0. The summed E-state index contributed by atoms with van der Waals surface area (Å²) in [6, 6.07) is 23.3. The third kappa shape index (κ3) is 5.71. The summed E-state index contributed by atoms with van der Waals surface area (Å²) >= 11 is 0. The van der Waals surface area contributed by atoms with Gasteiger partial charge in [0.15, 0.2) is 17.3 Å². The summed E-state index contributed by atoms with van der Waals surface area (Å²) in [4.78, 5) is 27.4. The first-order valence-electron chi connectivity index (χ1n) is 13.8. The minimum atomic E-state index is -0.615. The van der Waals surface area contributed by atoms with Crippen LogP contribution in [-0.4, -0.2) is 32.6 Å². The van der Waals surface area contributed by atoms with Crippen LogP contribution in [-0.2, 0) is 20.9 Å². The van der Waals surface area contributed by atoms with Gasteiger partial charge in [0.2, 0.25) is 0 Å². The van der Waals surface area contributed by atoms with Crippen LogP contribution in [0.4, 0.5) is 0 Å². The van der Waals surface area contributed by atoms with Crippen molar-refractivity contribution in [3.8, 4) is 17.2 Å². The lowest BCUT2D eigenvalue weighted by molar-refractivity contribution is -0.138. The zero-order chi connectivity index (χ0) is 28.9. The van der Waals surface area contributed by atoms with Gasteiger partial charge in [-0.2, -0.15) is 0 Å². The summed E-state index contributed by atoms with van der Waals surface area (Å²) in [5.74, 6) is 0.750. The number of nitrogens with one attached hydrogen (secondary N) is 1. The highest BCUT2D eigenvalue weighted by atomic mass is 16.5. The summed E-state index contributed by atoms with van der Waals surface area (Å²) in [7, 11) is 3.20. The van der Waals surface area contributed by atoms with Crippen LogP contribution in [0.5, 0.6) is 17.2 Å². The smallest absolute Gasteiger partial charge is 0.336 e. The number of Topliss-reactive ketones (excluding diaryl/α,β-unsaturated/α-hetero) is 1. The molecule has 2 atom stereocenters. The number of para-hydroxylation sites is 1. The van der Waals surface area contributed by atoms with Gasteiger partial charge in [-0.1, -0.05) is 54.6 Å². The van der Waals surface area contributed by atoms with Crippen LogP contribution >= 0.6 is 0 Å². The van der Waals surface area contributed by atoms with Crippen molar-refractivity contribution in [2.75, 3.05) is 20.8 Å². The van der Waals surface area contributed by atoms with Crippen LogP contribution in [0.2, 0.25) is 0 Å². The molecule has 0 saturated heterocycles. The average Bonchev–Trinajstić information content (AvgIpc) is 2.99. The molecule has 0 unspecified atom stereocenters. The number of carbonyl (C=O) groups excluding carboxylic acids is 2. The van der Waals surface area contributed by atoms with E-state index in [0.717, 1.165) is 22.4 Å². The second-order valence-electron chi connectivity index (χ2n) is 10.2. The molecule has 3 aromatic rings. The van der Waals surface area contributed by atoms with E-state index in [0.29, 0.717) is 53.5 Å². The van der Waals surface area contributed by atoms with Crippen molar-refractivity contribution in [1.29, 1.82) is 0 Å². The molecule has 1 aliphatic carbocycles. The first-order valence-corrected chi connectivity index (χ1v) is 13.8. The molecule has 7 nitrogen and oxygen atoms in total. The Balaban J connectivity index is 1.56. The molecule has 0 bridgehead atoms. The summed E-state index contributed by atoms with van der Waals surface area (Å²) in [6.07, 6.45) is 0.905. The Labute approximate surface area is 240 Å². The van der Waals surface area contributed by atoms with E-state index in [1.54, 1.807) is 21.1 Å². The molecule has 1 aliphatic heterocycles. The minimum Gasteiger partial charge on any atom is -0.493 e. The van der Waals surface area contributed by atoms with Gasteiger partial charge in [0.25, 0.3) is 0 Å². The largest absolute Gasteiger partial charge is 0.493 e. The molecule has 2 aliphatic rings. The molecule has 0 aromatic heterocycles. The van der Waals surface area contributed by atoms with Gasteiger partial charge in [-0.25, -0.2) is 4.79 Å². The standard InChI is InChI=1S/C34H35NO6/c1-5-40-34(37)31-21(2)35-26-17-24(23-15-16-29(38-3)30(19-23)39-4)18-27(36)33(26)32(31)25-13-9-10-14-28(25)41-20-22-11-7-6-8-12-22/h6-16,19,24,32,35H,5,17-18,20H2,1-4H3/t24-,32-/m1/s1. The monoisotopic (exact) mass is 553 g/mol. The Morgan fingerprint density at radius 3 is 2.37 bits per heavy atom. The van der Waals surface area contributed by atoms with Gasteiger partial charge >= 0.3 is 5.97 Å². The van der Waals surface area contributed by atoms with E-state index in [1.807, 2.05) is 79.7 Å². The van der Waals surface area contributed by atoms with Gasteiger partial charge in [0.1, 0.15) is 12.4 Å². The lowest BCUT2D eigenvalue weighted by Crippen LogP contribution is -2.36. The SMILES string of the molecule is CCOC(=O)C1=C(C)NC2=C(C(=O)C[C@H](c3ccc(OC)c(OC)c3)C2)[C@@H]1c1ccccc1OCc1ccccc1. The number of rotatable bonds is 9. The third-order valence-electron chi connectivity index (χ3n) is 7.67. The Bertz CT molecular complexity index is 1510. The fourth-order valence-electron chi connectivity index (χ4n) is 5.76. The van der Waals surface area contributed by atoms with E-state index < -0.39 is 11.9 Å². The number of esters is 1. The lowest BCUT2D eigenvalue weighted by atomic mass is 9.71. The highest BCUT2D eigenvalue weighted by Gasteiger charge is 2.42. The number of benzene rings is 3. The van der Waals surface area contributed by atoms with Gasteiger partial charge in [0, 0.05) is 29.0 Å². The third-order valence-corrected chi connectivity index (χ3v) is 7.67. The molecular weight excluding hydrogens is 518 g/mol. The number of dihydropyridines is 1. The molecule has 212 valence electrons. The molecule has 0 saturated carbocycles. The van der Waals surface area contributed by atoms with Crippen LogP contribution in [0.15, 0.2) is 95.3 Å². The van der Waals surface area contributed by atoms with E-state index in [9.17, 15) is 9.59 Å². The number of carbonyl (C=O) groups is 2. The molecule has 0 fully saturated rings. The predicted molar refractivity (Wildman–Crippen MR) is 156 cm³/mol. The maximum atomic E-state index is 14.0. The fourth-order valence-corrected chi connectivity index (χ4v) is 5.76. The fraction of sp³-hybridized carbons (Fsp3) is 0.294. The second-order valence-corrected chi connectivity index (χ2v) is 10.2. The lowest BCUT2D eigenvalue weighted by Gasteiger charge is -2.37. The van der Waals surface area contributed by atoms with Crippen molar-refractivity contribution in [1.82, 2.24) is 5.32 Å². The normalized spacial score (nSPS) is 18.4. The highest BCUT2D eigenvalue weighted by molar-refractivity contribution is 6.04. The second kappa shape index (κ2) is 12.3. The molecular formula is C34H35NO6. The molecule has 0 spiro atoms. The van der Waals surface area contributed by atoms with Crippen molar-refractivity contribution >= 4 is 11.8 Å². The van der Waals surface area contributed by atoms with Gasteiger partial charge in [-0.15, -0.1) is 0 Å². The van der Waals surface area contributed by atoms with Gasteiger partial charge in [0.05, 0.1) is 32.3 Å². The molecule has 5 rings (SSSR count). The topological polar surface area (TPSA) is 83.1 Å². The zero-order valence-corrected chi connectivity index (χ0v) is 23.9. The number of methoxy groups -OCH3 is 2. The first-order chi connectivity index (χ1) is 19.9. The summed E-state index contributed by atoms with van der Waals surface area (Å²) < 4.78 is 22.7. The minimum absolute atomic E-state index is 0.0179. The molecule has 7 heteroatoms. The molecule has 1 N–H and O–H groups in total. The van der Waals surface area contributed by atoms with Crippen LogP contribution in [0.25, 0.3) is 0 Å². The predicted octanol–water partition coefficient (Wildman–Crippen LogP) is 6.21. The van der Waals surface area contributed by atoms with Gasteiger partial charge < -0.3 is 24.3 Å². The molecule has 1 heterocycles. The van der Waals surface area contributed by atoms with Crippen molar-refractivity contribution in [3.05, 3.63) is 112 Å². The van der Waals surface area contributed by atoms with E-state index >= 15 is 0 Å². The van der Waals surface area contributed by atoms with Crippen LogP contribution < -0.4 is 19.5 Å². The van der Waals surface area contributed by atoms with E-state index in [1.165, 1.54) is 0 Å². The Kier molecular flexibility index (Phi) is 8.43. The number of ketones is 1. The van der Waals surface area contributed by atoms with Crippen LogP contribution in [0.1, 0.15) is 55.2 Å². The van der Waals surface area contributed by atoms with Crippen LogP contribution in [0.3, 0.4) is 0 Å².